The molecule has 0 amide bonds. The van der Waals surface area contributed by atoms with Gasteiger partial charge in [-0.2, -0.15) is 0 Å². The molecule has 2 unspecified atom stereocenters. The zero-order valence-corrected chi connectivity index (χ0v) is 17.8. The monoisotopic (exact) mass is 430 g/mol. The van der Waals surface area contributed by atoms with Gasteiger partial charge in [0.25, 0.3) is 0 Å². The minimum absolute atomic E-state index is 0.0744. The molecule has 4 nitrogen and oxygen atoms in total. The lowest BCUT2D eigenvalue weighted by atomic mass is 9.78. The number of hydrogen-bond acceptors (Lipinski definition) is 3. The third-order valence-corrected chi connectivity index (χ3v) is 7.46. The molecule has 3 atom stereocenters. The van der Waals surface area contributed by atoms with E-state index in [0.717, 1.165) is 24.0 Å². The van der Waals surface area contributed by atoms with Crippen molar-refractivity contribution in [3.05, 3.63) is 40.0 Å². The standard InChI is InChI=1S/C22H27BrN2O2/c1-4-13(12-26)8-20(27)14-9-16-15-6-5-7-18-21(15)17(22(23)25(18)3)10-19(16)24(2)11-14/h5-7,9,13-14,19,26H,4,8,10-12H2,1-3H3/t13?,14?,19-/m1/s1. The molecule has 2 aliphatic rings. The Balaban J connectivity index is 1.77. The third kappa shape index (κ3) is 3.00. The van der Waals surface area contributed by atoms with Gasteiger partial charge in [-0.15, -0.1) is 0 Å². The summed E-state index contributed by atoms with van der Waals surface area (Å²) in [5.74, 6) is 0.233. The molecule has 4 rings (SSSR count). The van der Waals surface area contributed by atoms with E-state index in [1.807, 2.05) is 6.92 Å². The van der Waals surface area contributed by atoms with Crippen LogP contribution in [0.3, 0.4) is 0 Å². The van der Waals surface area contributed by atoms with Crippen molar-refractivity contribution in [3.8, 4) is 0 Å². The van der Waals surface area contributed by atoms with Gasteiger partial charge < -0.3 is 9.67 Å². The number of hydrogen-bond donors (Lipinski definition) is 1. The van der Waals surface area contributed by atoms with Crippen LogP contribution in [0.4, 0.5) is 0 Å². The van der Waals surface area contributed by atoms with Gasteiger partial charge in [0.05, 0.1) is 4.60 Å². The predicted molar refractivity (Wildman–Crippen MR) is 113 cm³/mol. The lowest BCUT2D eigenvalue weighted by molar-refractivity contribution is -0.123. The number of nitrogens with zero attached hydrogens (tertiary/aromatic N) is 2. The van der Waals surface area contributed by atoms with Crippen molar-refractivity contribution in [3.63, 3.8) is 0 Å². The van der Waals surface area contributed by atoms with Gasteiger partial charge in [-0.1, -0.05) is 31.6 Å². The summed E-state index contributed by atoms with van der Waals surface area (Å²) in [4.78, 5) is 15.2. The van der Waals surface area contributed by atoms with Crippen molar-refractivity contribution in [1.29, 1.82) is 0 Å². The second-order valence-electron chi connectivity index (χ2n) is 8.04. The van der Waals surface area contributed by atoms with Gasteiger partial charge in [-0.3, -0.25) is 9.69 Å². The predicted octanol–water partition coefficient (Wildman–Crippen LogP) is 3.79. The number of halogens is 1. The van der Waals surface area contributed by atoms with Crippen molar-refractivity contribution in [2.75, 3.05) is 20.2 Å². The Morgan fingerprint density at radius 3 is 2.85 bits per heavy atom. The molecule has 5 heteroatoms. The van der Waals surface area contributed by atoms with Crippen LogP contribution in [0.25, 0.3) is 16.5 Å². The molecule has 1 aromatic carbocycles. The Hall–Kier alpha value is -1.43. The van der Waals surface area contributed by atoms with Crippen molar-refractivity contribution in [1.82, 2.24) is 9.47 Å². The average molecular weight is 431 g/mol. The molecule has 27 heavy (non-hydrogen) atoms. The molecule has 2 aromatic rings. The number of aliphatic hydroxyl groups is 1. The Morgan fingerprint density at radius 2 is 2.15 bits per heavy atom. The molecule has 0 radical (unpaired) electrons. The van der Waals surface area contributed by atoms with Crippen LogP contribution in [0, 0.1) is 11.8 Å². The van der Waals surface area contributed by atoms with E-state index in [2.05, 4.69) is 63.8 Å². The summed E-state index contributed by atoms with van der Waals surface area (Å²) in [6.07, 6.45) is 4.49. The molecule has 144 valence electrons. The topological polar surface area (TPSA) is 45.5 Å². The number of ketones is 1. The van der Waals surface area contributed by atoms with Crippen LogP contribution in [0.2, 0.25) is 0 Å². The summed E-state index contributed by atoms with van der Waals surface area (Å²) in [6, 6.07) is 6.78. The molecule has 0 saturated carbocycles. The molecular formula is C22H27BrN2O2. The van der Waals surface area contributed by atoms with Gasteiger partial charge in [0.15, 0.2) is 0 Å². The number of fused-ring (bicyclic) bond motifs is 2. The van der Waals surface area contributed by atoms with Gasteiger partial charge in [-0.05, 0) is 58.1 Å². The molecule has 0 saturated heterocycles. The first-order chi connectivity index (χ1) is 13.0. The van der Waals surface area contributed by atoms with Crippen molar-refractivity contribution in [2.45, 2.75) is 32.2 Å². The van der Waals surface area contributed by atoms with Crippen LogP contribution in [0.1, 0.15) is 30.9 Å². The Labute approximate surface area is 169 Å². The van der Waals surface area contributed by atoms with Crippen molar-refractivity contribution < 1.29 is 9.90 Å². The van der Waals surface area contributed by atoms with Crippen LogP contribution in [-0.4, -0.2) is 46.6 Å². The Bertz CT molecular complexity index is 926. The van der Waals surface area contributed by atoms with Gasteiger partial charge in [0, 0.05) is 49.5 Å². The highest BCUT2D eigenvalue weighted by molar-refractivity contribution is 9.10. The van der Waals surface area contributed by atoms with E-state index in [9.17, 15) is 9.90 Å². The fourth-order valence-electron chi connectivity index (χ4n) is 4.73. The minimum atomic E-state index is -0.0918. The van der Waals surface area contributed by atoms with E-state index in [1.54, 1.807) is 0 Å². The second-order valence-corrected chi connectivity index (χ2v) is 8.79. The number of carbonyl (C=O) groups is 1. The second kappa shape index (κ2) is 7.19. The minimum Gasteiger partial charge on any atom is -0.396 e. The molecule has 1 aliphatic heterocycles. The van der Waals surface area contributed by atoms with E-state index in [4.69, 9.17) is 0 Å². The van der Waals surface area contributed by atoms with Crippen LogP contribution in [-0.2, 0) is 18.3 Å². The lowest BCUT2D eigenvalue weighted by Crippen LogP contribution is -2.44. The van der Waals surface area contributed by atoms with E-state index < -0.39 is 0 Å². The van der Waals surface area contributed by atoms with E-state index >= 15 is 0 Å². The van der Waals surface area contributed by atoms with Crippen molar-refractivity contribution in [2.24, 2.45) is 18.9 Å². The highest BCUT2D eigenvalue weighted by atomic mass is 79.9. The SMILES string of the molecule is CCC(CO)CC(=O)C1C=C2c3cccc4c3c(c(Br)n4C)C[C@H]2N(C)C1. The summed E-state index contributed by atoms with van der Waals surface area (Å²) in [5.41, 5.74) is 5.15. The number of Topliss-reactive ketones (excluding diaryl/α,β-unsaturated/α-hetero) is 1. The molecule has 0 bridgehead atoms. The van der Waals surface area contributed by atoms with E-state index in [-0.39, 0.29) is 24.2 Å². The maximum Gasteiger partial charge on any atom is 0.141 e. The first-order valence-corrected chi connectivity index (χ1v) is 10.6. The summed E-state index contributed by atoms with van der Waals surface area (Å²) in [5, 5.41) is 10.8. The summed E-state index contributed by atoms with van der Waals surface area (Å²) >= 11 is 3.78. The first kappa shape index (κ1) is 18.9. The third-order valence-electron chi connectivity index (χ3n) is 6.45. The zero-order valence-electron chi connectivity index (χ0n) is 16.2. The summed E-state index contributed by atoms with van der Waals surface area (Å²) in [7, 11) is 4.22. The average Bonchev–Trinajstić information content (AvgIpc) is 2.92. The highest BCUT2D eigenvalue weighted by Gasteiger charge is 2.37. The first-order valence-electron chi connectivity index (χ1n) is 9.77. The number of carbonyl (C=O) groups excluding carboxylic acids is 1. The quantitative estimate of drug-likeness (QED) is 0.784. The fraction of sp³-hybridized carbons (Fsp3) is 0.500. The number of aliphatic hydroxyl groups excluding tert-OH is 1. The normalized spacial score (nSPS) is 23.2. The van der Waals surface area contributed by atoms with Gasteiger partial charge >= 0.3 is 0 Å². The fourth-order valence-corrected chi connectivity index (χ4v) is 5.28. The molecule has 1 aliphatic carbocycles. The van der Waals surface area contributed by atoms with Crippen LogP contribution < -0.4 is 0 Å². The number of rotatable bonds is 5. The molecule has 2 heterocycles. The summed E-state index contributed by atoms with van der Waals surface area (Å²) < 4.78 is 3.37. The smallest absolute Gasteiger partial charge is 0.141 e. The molecular weight excluding hydrogens is 404 g/mol. The van der Waals surface area contributed by atoms with Gasteiger partial charge in [0.1, 0.15) is 5.78 Å². The number of aryl methyl sites for hydroxylation is 1. The molecule has 1 N–H and O–H groups in total. The number of likely N-dealkylation sites (N-methyl/N-ethyl adjacent to an activating group) is 1. The Morgan fingerprint density at radius 1 is 1.37 bits per heavy atom. The Kier molecular flexibility index (Phi) is 5.04. The summed E-state index contributed by atoms with van der Waals surface area (Å²) in [6.45, 7) is 2.88. The molecule has 1 aromatic heterocycles. The number of benzene rings is 1. The van der Waals surface area contributed by atoms with Crippen LogP contribution in [0.15, 0.2) is 28.9 Å². The van der Waals surface area contributed by atoms with E-state index in [0.29, 0.717) is 12.5 Å². The maximum atomic E-state index is 12.9. The molecule has 0 spiro atoms. The van der Waals surface area contributed by atoms with Crippen LogP contribution >= 0.6 is 15.9 Å². The van der Waals surface area contributed by atoms with Gasteiger partial charge in [0.2, 0.25) is 0 Å². The maximum absolute atomic E-state index is 12.9. The largest absolute Gasteiger partial charge is 0.396 e. The lowest BCUT2D eigenvalue weighted by Gasteiger charge is -2.39. The van der Waals surface area contributed by atoms with Crippen molar-refractivity contribution >= 4 is 38.2 Å². The highest BCUT2D eigenvalue weighted by Crippen LogP contribution is 2.44. The molecule has 0 fully saturated rings. The van der Waals surface area contributed by atoms with Crippen LogP contribution in [0.5, 0.6) is 0 Å². The van der Waals surface area contributed by atoms with Gasteiger partial charge in [-0.25, -0.2) is 0 Å². The van der Waals surface area contributed by atoms with E-state index in [1.165, 1.54) is 27.6 Å². The number of aromatic nitrogens is 1. The zero-order chi connectivity index (χ0) is 19.3.